The third-order valence-electron chi connectivity index (χ3n) is 9.98. The first kappa shape index (κ1) is 49.3. The molecule has 3 atom stereocenters. The summed E-state index contributed by atoms with van der Waals surface area (Å²) in [6.07, 6.45) is 42.4. The molecule has 0 heterocycles. The number of aliphatic hydroxyl groups is 2. The Bertz CT molecular complexity index is 812. The minimum absolute atomic E-state index is 0.0710. The van der Waals surface area contributed by atoms with Crippen LogP contribution in [0.3, 0.4) is 0 Å². The van der Waals surface area contributed by atoms with Crippen molar-refractivity contribution >= 4 is 11.9 Å². The second-order valence-corrected chi connectivity index (χ2v) is 15.1. The molecular formula is C45H85NO5. The molecule has 0 aliphatic rings. The van der Waals surface area contributed by atoms with Crippen molar-refractivity contribution in [3.8, 4) is 0 Å². The van der Waals surface area contributed by atoms with E-state index in [0.717, 1.165) is 77.0 Å². The smallest absolute Gasteiger partial charge is 0.306 e. The van der Waals surface area contributed by atoms with E-state index in [4.69, 9.17) is 4.74 Å². The minimum atomic E-state index is -0.784. The number of ether oxygens (including phenoxy) is 1. The quantitative estimate of drug-likeness (QED) is 0.0334. The number of unbranched alkanes of at least 4 members (excludes halogenated alkanes) is 23. The predicted octanol–water partition coefficient (Wildman–Crippen LogP) is 12.4. The summed E-state index contributed by atoms with van der Waals surface area (Å²) in [6, 6.07) is -0.699. The topological polar surface area (TPSA) is 95.9 Å². The van der Waals surface area contributed by atoms with E-state index in [0.29, 0.717) is 19.3 Å². The molecule has 3 unspecified atom stereocenters. The average molecular weight is 720 g/mol. The lowest BCUT2D eigenvalue weighted by atomic mass is 10.0. The van der Waals surface area contributed by atoms with Crippen LogP contribution in [0.5, 0.6) is 0 Å². The van der Waals surface area contributed by atoms with Crippen LogP contribution in [0.4, 0.5) is 0 Å². The molecule has 3 N–H and O–H groups in total. The van der Waals surface area contributed by atoms with Gasteiger partial charge in [-0.3, -0.25) is 9.59 Å². The van der Waals surface area contributed by atoms with Gasteiger partial charge in [-0.25, -0.2) is 0 Å². The van der Waals surface area contributed by atoms with Gasteiger partial charge in [-0.05, 0) is 70.6 Å². The van der Waals surface area contributed by atoms with Crippen LogP contribution in [-0.2, 0) is 14.3 Å². The maximum absolute atomic E-state index is 13.1. The highest BCUT2D eigenvalue weighted by Gasteiger charge is 2.24. The number of esters is 1. The lowest BCUT2D eigenvalue weighted by Gasteiger charge is -2.24. The molecule has 0 bridgehead atoms. The van der Waals surface area contributed by atoms with E-state index in [1.807, 2.05) is 0 Å². The molecule has 0 radical (unpaired) electrons. The highest BCUT2D eigenvalue weighted by molar-refractivity contribution is 5.77. The standard InChI is InChI=1S/C45H85NO5/c1-4-7-10-13-16-19-21-22-23-25-27-30-33-36-41(51-45(50)38-35-32-29-26-20-17-14-11-8-5-2)39-44(49)46-42(40-47)43(48)37-34-31-28-24-18-15-12-9-6-3/h11,14,19,21,41-43,47-48H,4-10,12-13,15-18,20,22-40H2,1-3H3,(H,46,49)/b14-11-,21-19-. The second-order valence-electron chi connectivity index (χ2n) is 15.1. The number of nitrogens with one attached hydrogen (secondary N) is 1. The Morgan fingerprint density at radius 2 is 0.980 bits per heavy atom. The Morgan fingerprint density at radius 3 is 1.49 bits per heavy atom. The van der Waals surface area contributed by atoms with Crippen LogP contribution in [0, 0.1) is 0 Å². The van der Waals surface area contributed by atoms with E-state index in [9.17, 15) is 19.8 Å². The van der Waals surface area contributed by atoms with Crippen molar-refractivity contribution in [2.45, 2.75) is 244 Å². The molecule has 51 heavy (non-hydrogen) atoms. The fourth-order valence-electron chi connectivity index (χ4n) is 6.60. The molecule has 6 heteroatoms. The molecule has 0 aromatic carbocycles. The predicted molar refractivity (Wildman–Crippen MR) is 218 cm³/mol. The highest BCUT2D eigenvalue weighted by atomic mass is 16.5. The van der Waals surface area contributed by atoms with E-state index < -0.39 is 18.2 Å². The van der Waals surface area contributed by atoms with Crippen LogP contribution >= 0.6 is 0 Å². The van der Waals surface area contributed by atoms with Gasteiger partial charge in [-0.15, -0.1) is 0 Å². The first-order valence-electron chi connectivity index (χ1n) is 22.1. The van der Waals surface area contributed by atoms with Crippen LogP contribution in [0.15, 0.2) is 24.3 Å². The largest absolute Gasteiger partial charge is 0.462 e. The van der Waals surface area contributed by atoms with Gasteiger partial charge in [0.25, 0.3) is 0 Å². The summed E-state index contributed by atoms with van der Waals surface area (Å²) in [6.45, 7) is 6.37. The number of hydrogen-bond donors (Lipinski definition) is 3. The molecule has 0 aliphatic heterocycles. The first-order chi connectivity index (χ1) is 25.0. The maximum Gasteiger partial charge on any atom is 0.306 e. The van der Waals surface area contributed by atoms with Gasteiger partial charge in [0.15, 0.2) is 0 Å². The second kappa shape index (κ2) is 39.5. The fourth-order valence-corrected chi connectivity index (χ4v) is 6.60. The van der Waals surface area contributed by atoms with E-state index in [1.54, 1.807) is 0 Å². The van der Waals surface area contributed by atoms with Gasteiger partial charge in [0, 0.05) is 6.42 Å². The van der Waals surface area contributed by atoms with Crippen molar-refractivity contribution in [2.24, 2.45) is 0 Å². The molecule has 0 aromatic rings. The Balaban J connectivity index is 4.62. The zero-order valence-electron chi connectivity index (χ0n) is 34.0. The van der Waals surface area contributed by atoms with E-state index in [2.05, 4.69) is 50.4 Å². The summed E-state index contributed by atoms with van der Waals surface area (Å²) >= 11 is 0. The van der Waals surface area contributed by atoms with Crippen molar-refractivity contribution in [3.05, 3.63) is 24.3 Å². The fraction of sp³-hybridized carbons (Fsp3) is 0.867. The lowest BCUT2D eigenvalue weighted by molar-refractivity contribution is -0.151. The van der Waals surface area contributed by atoms with E-state index in [1.165, 1.54) is 103 Å². The van der Waals surface area contributed by atoms with Crippen LogP contribution in [0.1, 0.15) is 226 Å². The highest BCUT2D eigenvalue weighted by Crippen LogP contribution is 2.17. The molecule has 0 saturated carbocycles. The SMILES string of the molecule is CCC/C=C\CCCCCCCC(=O)OC(CCCCCCC/C=C\CCCCCC)CC(=O)NC(CO)C(O)CCCCCCCCCCC. The molecule has 300 valence electrons. The van der Waals surface area contributed by atoms with Crippen molar-refractivity contribution in [2.75, 3.05) is 6.61 Å². The number of carbonyl (C=O) groups is 2. The Labute approximate surface area is 316 Å². The third-order valence-corrected chi connectivity index (χ3v) is 9.98. The number of rotatable bonds is 39. The van der Waals surface area contributed by atoms with E-state index >= 15 is 0 Å². The Morgan fingerprint density at radius 1 is 0.549 bits per heavy atom. The van der Waals surface area contributed by atoms with Gasteiger partial charge in [-0.2, -0.15) is 0 Å². The van der Waals surface area contributed by atoms with Crippen molar-refractivity contribution in [3.63, 3.8) is 0 Å². The molecule has 1 amide bonds. The summed E-state index contributed by atoms with van der Waals surface area (Å²) in [5.41, 5.74) is 0. The third kappa shape index (κ3) is 35.2. The van der Waals surface area contributed by atoms with Crippen LogP contribution in [0.25, 0.3) is 0 Å². The van der Waals surface area contributed by atoms with Crippen molar-refractivity contribution < 1.29 is 24.5 Å². The van der Waals surface area contributed by atoms with Gasteiger partial charge in [0.2, 0.25) is 5.91 Å². The molecule has 0 rings (SSSR count). The molecule has 0 saturated heterocycles. The normalized spacial score (nSPS) is 13.6. The number of aliphatic hydroxyl groups excluding tert-OH is 2. The maximum atomic E-state index is 13.1. The van der Waals surface area contributed by atoms with Gasteiger partial charge < -0.3 is 20.3 Å². The number of hydrogen-bond acceptors (Lipinski definition) is 5. The molecule has 0 fully saturated rings. The number of carbonyl (C=O) groups excluding carboxylic acids is 2. The number of amides is 1. The Hall–Kier alpha value is -1.66. The van der Waals surface area contributed by atoms with E-state index in [-0.39, 0.29) is 24.9 Å². The molecule has 0 aliphatic carbocycles. The zero-order valence-corrected chi connectivity index (χ0v) is 34.0. The van der Waals surface area contributed by atoms with Gasteiger partial charge in [-0.1, -0.05) is 167 Å². The molecule has 0 spiro atoms. The Kier molecular flexibility index (Phi) is 38.3. The summed E-state index contributed by atoms with van der Waals surface area (Å²) in [5.74, 6) is -0.492. The molecular weight excluding hydrogens is 634 g/mol. The van der Waals surface area contributed by atoms with Crippen molar-refractivity contribution in [1.82, 2.24) is 5.32 Å². The molecule has 0 aromatic heterocycles. The van der Waals surface area contributed by atoms with Gasteiger partial charge in [0.1, 0.15) is 6.10 Å². The van der Waals surface area contributed by atoms with Crippen LogP contribution in [-0.4, -0.2) is 46.9 Å². The molecule has 6 nitrogen and oxygen atoms in total. The monoisotopic (exact) mass is 720 g/mol. The minimum Gasteiger partial charge on any atom is -0.462 e. The zero-order chi connectivity index (χ0) is 37.5. The van der Waals surface area contributed by atoms with Crippen LogP contribution < -0.4 is 5.32 Å². The van der Waals surface area contributed by atoms with Gasteiger partial charge >= 0.3 is 5.97 Å². The lowest BCUT2D eigenvalue weighted by Crippen LogP contribution is -2.46. The number of allylic oxidation sites excluding steroid dienone is 4. The summed E-state index contributed by atoms with van der Waals surface area (Å²) in [5, 5.41) is 23.5. The van der Waals surface area contributed by atoms with Crippen molar-refractivity contribution in [1.29, 1.82) is 0 Å². The van der Waals surface area contributed by atoms with Gasteiger partial charge in [0.05, 0.1) is 25.2 Å². The average Bonchev–Trinajstić information content (AvgIpc) is 3.12. The van der Waals surface area contributed by atoms with Crippen LogP contribution in [0.2, 0.25) is 0 Å². The first-order valence-corrected chi connectivity index (χ1v) is 22.1. The summed E-state index contributed by atoms with van der Waals surface area (Å²) in [4.78, 5) is 25.9. The summed E-state index contributed by atoms with van der Waals surface area (Å²) in [7, 11) is 0. The summed E-state index contributed by atoms with van der Waals surface area (Å²) < 4.78 is 5.88.